The van der Waals surface area contributed by atoms with Crippen molar-refractivity contribution >= 4 is 16.9 Å². The fraction of sp³-hybridized carbons (Fsp3) is 0.348. The molecule has 2 aromatic heterocycles. The molecule has 31 heavy (non-hydrogen) atoms. The number of cyclic esters (lactones) is 1. The molecule has 3 aromatic rings. The molecule has 0 amide bonds. The Hall–Kier alpha value is -3.13. The topological polar surface area (TPSA) is 70.4 Å². The Balaban J connectivity index is 0.00000112. The predicted molar refractivity (Wildman–Crippen MR) is 111 cm³/mol. The minimum atomic E-state index is -0.977. The summed E-state index contributed by atoms with van der Waals surface area (Å²) in [5.74, 6) is -2.35. The zero-order valence-electron chi connectivity index (χ0n) is 17.5. The summed E-state index contributed by atoms with van der Waals surface area (Å²) in [5.41, 5.74) is 2.85. The molecular formula is C23H22F2N2O4. The van der Waals surface area contributed by atoms with Crippen molar-refractivity contribution in [3.8, 4) is 11.4 Å². The van der Waals surface area contributed by atoms with Crippen molar-refractivity contribution in [1.29, 1.82) is 0 Å². The van der Waals surface area contributed by atoms with E-state index >= 15 is 0 Å². The molecule has 1 aromatic carbocycles. The van der Waals surface area contributed by atoms with Gasteiger partial charge >= 0.3 is 5.97 Å². The molecule has 162 valence electrons. The van der Waals surface area contributed by atoms with Crippen LogP contribution in [0.15, 0.2) is 29.1 Å². The third-order valence-electron chi connectivity index (χ3n) is 5.39. The highest BCUT2D eigenvalue weighted by atomic mass is 19.2. The first-order valence-electron chi connectivity index (χ1n) is 10.3. The van der Waals surface area contributed by atoms with Gasteiger partial charge in [-0.25, -0.2) is 13.8 Å². The second kappa shape index (κ2) is 8.19. The SMILES string of the molecule is CC.CCO[C@@H]1CC(=O)OCc2c1cc1n(c2=O)Cc2cc3cc(F)c(F)cc3nc2-1. The number of rotatable bonds is 2. The van der Waals surface area contributed by atoms with E-state index in [1.54, 1.807) is 16.7 Å². The molecule has 0 N–H and O–H groups in total. The van der Waals surface area contributed by atoms with Gasteiger partial charge < -0.3 is 14.0 Å². The number of pyridine rings is 2. The van der Waals surface area contributed by atoms with Crippen molar-refractivity contribution in [2.24, 2.45) is 0 Å². The lowest BCUT2D eigenvalue weighted by molar-refractivity contribution is -0.147. The first-order valence-corrected chi connectivity index (χ1v) is 10.3. The van der Waals surface area contributed by atoms with E-state index in [1.807, 2.05) is 20.8 Å². The molecule has 0 radical (unpaired) electrons. The lowest BCUT2D eigenvalue weighted by atomic mass is 10.0. The molecule has 4 heterocycles. The minimum Gasteiger partial charge on any atom is -0.460 e. The van der Waals surface area contributed by atoms with Gasteiger partial charge in [-0.2, -0.15) is 0 Å². The van der Waals surface area contributed by atoms with Crippen molar-refractivity contribution in [2.45, 2.75) is 46.4 Å². The van der Waals surface area contributed by atoms with Crippen molar-refractivity contribution in [2.75, 3.05) is 6.61 Å². The number of ether oxygens (including phenoxy) is 2. The van der Waals surface area contributed by atoms with Crippen LogP contribution >= 0.6 is 0 Å². The highest BCUT2D eigenvalue weighted by molar-refractivity contribution is 5.84. The number of esters is 1. The molecule has 0 fully saturated rings. The van der Waals surface area contributed by atoms with Gasteiger partial charge in [0, 0.05) is 23.6 Å². The molecule has 0 unspecified atom stereocenters. The number of aromatic nitrogens is 2. The van der Waals surface area contributed by atoms with E-state index in [4.69, 9.17) is 9.47 Å². The molecule has 0 spiro atoms. The van der Waals surface area contributed by atoms with Crippen LogP contribution in [0, 0.1) is 11.6 Å². The summed E-state index contributed by atoms with van der Waals surface area (Å²) in [5, 5.41) is 0.464. The maximum atomic E-state index is 13.7. The summed E-state index contributed by atoms with van der Waals surface area (Å²) in [6, 6.07) is 5.66. The van der Waals surface area contributed by atoms with E-state index in [1.165, 1.54) is 0 Å². The van der Waals surface area contributed by atoms with E-state index < -0.39 is 23.7 Å². The number of nitrogens with zero attached hydrogens (tertiary/aromatic N) is 2. The summed E-state index contributed by atoms with van der Waals surface area (Å²) < 4.78 is 39.7. The van der Waals surface area contributed by atoms with Crippen molar-refractivity contribution in [3.63, 3.8) is 0 Å². The molecule has 0 bridgehead atoms. The third-order valence-corrected chi connectivity index (χ3v) is 5.39. The van der Waals surface area contributed by atoms with Crippen molar-refractivity contribution in [3.05, 3.63) is 62.9 Å². The zero-order valence-corrected chi connectivity index (χ0v) is 17.5. The van der Waals surface area contributed by atoms with Crippen LogP contribution in [0.5, 0.6) is 0 Å². The van der Waals surface area contributed by atoms with Crippen molar-refractivity contribution in [1.82, 2.24) is 9.55 Å². The first-order chi connectivity index (χ1) is 15.0. The summed E-state index contributed by atoms with van der Waals surface area (Å²) in [6.45, 7) is 6.33. The van der Waals surface area contributed by atoms with E-state index in [2.05, 4.69) is 4.98 Å². The summed E-state index contributed by atoms with van der Waals surface area (Å²) in [6.07, 6.45) is -0.564. The summed E-state index contributed by atoms with van der Waals surface area (Å²) in [4.78, 5) is 29.6. The molecule has 5 rings (SSSR count). The maximum absolute atomic E-state index is 13.7. The smallest absolute Gasteiger partial charge is 0.309 e. The highest BCUT2D eigenvalue weighted by Gasteiger charge is 2.31. The standard InChI is InChI=1S/C21H16F2N2O4.C2H6/c1-2-28-18-7-19(26)29-9-13-12(18)5-17-20-11(8-25(17)21(13)27)3-10-4-14(22)15(23)6-16(10)24-20;1-2/h3-6,18H,2,7-9H2,1H3;1-2H3/t18-;/m1./s1. The summed E-state index contributed by atoms with van der Waals surface area (Å²) >= 11 is 0. The quantitative estimate of drug-likeness (QED) is 0.447. The molecular weight excluding hydrogens is 406 g/mol. The van der Waals surface area contributed by atoms with Crippen LogP contribution in [-0.2, 0) is 27.4 Å². The average molecular weight is 428 g/mol. The van der Waals surface area contributed by atoms with E-state index in [9.17, 15) is 18.4 Å². The second-order valence-electron chi connectivity index (χ2n) is 7.12. The van der Waals surface area contributed by atoms with Gasteiger partial charge in [-0.05, 0) is 30.7 Å². The van der Waals surface area contributed by atoms with Crippen LogP contribution in [0.3, 0.4) is 0 Å². The average Bonchev–Trinajstić information content (AvgIpc) is 3.02. The Bertz CT molecular complexity index is 1250. The van der Waals surface area contributed by atoms with Crippen LogP contribution in [0.2, 0.25) is 0 Å². The van der Waals surface area contributed by atoms with Crippen LogP contribution < -0.4 is 5.56 Å². The number of carbonyl (C=O) groups excluding carboxylic acids is 1. The molecule has 6 nitrogen and oxygen atoms in total. The van der Waals surface area contributed by atoms with Gasteiger partial charge in [0.1, 0.15) is 6.61 Å². The highest BCUT2D eigenvalue weighted by Crippen LogP contribution is 2.36. The van der Waals surface area contributed by atoms with Crippen LogP contribution in [0.4, 0.5) is 8.78 Å². The fourth-order valence-corrected chi connectivity index (χ4v) is 4.04. The van der Waals surface area contributed by atoms with Crippen LogP contribution in [0.1, 0.15) is 50.0 Å². The Kier molecular flexibility index (Phi) is 5.58. The minimum absolute atomic E-state index is 0.0201. The molecule has 8 heteroatoms. The molecule has 0 saturated heterocycles. The number of hydrogen-bond acceptors (Lipinski definition) is 5. The number of benzene rings is 1. The Morgan fingerprint density at radius 3 is 2.65 bits per heavy atom. The lowest BCUT2D eigenvalue weighted by Gasteiger charge is -2.17. The molecule has 0 aliphatic carbocycles. The maximum Gasteiger partial charge on any atom is 0.309 e. The number of fused-ring (bicyclic) bond motifs is 5. The van der Waals surface area contributed by atoms with Crippen LogP contribution in [0.25, 0.3) is 22.3 Å². The van der Waals surface area contributed by atoms with Crippen molar-refractivity contribution < 1.29 is 23.0 Å². The van der Waals surface area contributed by atoms with E-state index in [-0.39, 0.29) is 25.1 Å². The lowest BCUT2D eigenvalue weighted by Crippen LogP contribution is -2.25. The van der Waals surface area contributed by atoms with Gasteiger partial charge in [-0.1, -0.05) is 13.8 Å². The third kappa shape index (κ3) is 3.50. The van der Waals surface area contributed by atoms with E-state index in [0.717, 1.165) is 17.7 Å². The number of carbonyl (C=O) groups is 1. The Labute approximate surface area is 177 Å². The predicted octanol–water partition coefficient (Wildman–Crippen LogP) is 4.25. The second-order valence-corrected chi connectivity index (χ2v) is 7.12. The Morgan fingerprint density at radius 2 is 1.90 bits per heavy atom. The Morgan fingerprint density at radius 1 is 1.16 bits per heavy atom. The van der Waals surface area contributed by atoms with Gasteiger partial charge in [0.15, 0.2) is 11.6 Å². The normalized spacial score (nSPS) is 16.5. The molecule has 1 atom stereocenters. The van der Waals surface area contributed by atoms with Gasteiger partial charge in [-0.3, -0.25) is 9.59 Å². The zero-order chi connectivity index (χ0) is 22.3. The molecule has 2 aliphatic rings. The molecule has 0 saturated carbocycles. The summed E-state index contributed by atoms with van der Waals surface area (Å²) in [7, 11) is 0. The molecule has 2 aliphatic heterocycles. The van der Waals surface area contributed by atoms with E-state index in [0.29, 0.717) is 40.0 Å². The van der Waals surface area contributed by atoms with Gasteiger partial charge in [-0.15, -0.1) is 0 Å². The van der Waals surface area contributed by atoms with Gasteiger partial charge in [0.05, 0.1) is 41.5 Å². The fourth-order valence-electron chi connectivity index (χ4n) is 4.04. The van der Waals surface area contributed by atoms with Gasteiger partial charge in [0.25, 0.3) is 5.56 Å². The van der Waals surface area contributed by atoms with Gasteiger partial charge in [0.2, 0.25) is 0 Å². The number of hydrogen-bond donors (Lipinski definition) is 0. The first kappa shape index (κ1) is 21.1. The van der Waals surface area contributed by atoms with Crippen LogP contribution in [-0.4, -0.2) is 22.1 Å². The monoisotopic (exact) mass is 428 g/mol. The number of halogens is 2. The largest absolute Gasteiger partial charge is 0.460 e.